The van der Waals surface area contributed by atoms with Gasteiger partial charge in [-0.1, -0.05) is 36.5 Å². The van der Waals surface area contributed by atoms with E-state index in [2.05, 4.69) is 58.2 Å². The molecule has 0 radical (unpaired) electrons. The molecule has 1 N–H and O–H groups in total. The first-order valence-electron chi connectivity index (χ1n) is 7.31. The first kappa shape index (κ1) is 12.7. The lowest BCUT2D eigenvalue weighted by Crippen LogP contribution is -1.95. The third kappa shape index (κ3) is 1.75. The summed E-state index contributed by atoms with van der Waals surface area (Å²) in [5.41, 5.74) is 3.72. The topological polar surface area (TPSA) is 29.9 Å². The van der Waals surface area contributed by atoms with E-state index in [1.807, 2.05) is 7.05 Å². The van der Waals surface area contributed by atoms with Crippen LogP contribution in [0.2, 0.25) is 0 Å². The molecule has 0 bridgehead atoms. The molecule has 0 atom stereocenters. The smallest absolute Gasteiger partial charge is 0.183 e. The van der Waals surface area contributed by atoms with Gasteiger partial charge in [0.15, 0.2) is 5.13 Å². The van der Waals surface area contributed by atoms with Gasteiger partial charge in [0.2, 0.25) is 0 Å². The van der Waals surface area contributed by atoms with Gasteiger partial charge in [0.05, 0.1) is 15.7 Å². The van der Waals surface area contributed by atoms with Gasteiger partial charge >= 0.3 is 0 Å². The number of nitrogens with one attached hydrogen (secondary N) is 1. The molecule has 106 valence electrons. The van der Waals surface area contributed by atoms with Crippen molar-refractivity contribution in [3.05, 3.63) is 36.4 Å². The van der Waals surface area contributed by atoms with Crippen LogP contribution < -0.4 is 5.32 Å². The molecule has 4 heteroatoms. The van der Waals surface area contributed by atoms with Gasteiger partial charge in [0, 0.05) is 29.9 Å². The predicted molar refractivity (Wildman–Crippen MR) is 92.5 cm³/mol. The van der Waals surface area contributed by atoms with E-state index in [-0.39, 0.29) is 0 Å². The van der Waals surface area contributed by atoms with Crippen LogP contribution >= 0.6 is 11.3 Å². The van der Waals surface area contributed by atoms with Gasteiger partial charge in [-0.15, -0.1) is 0 Å². The van der Waals surface area contributed by atoms with Crippen molar-refractivity contribution in [1.29, 1.82) is 0 Å². The van der Waals surface area contributed by atoms with Crippen molar-refractivity contribution in [2.24, 2.45) is 0 Å². The summed E-state index contributed by atoms with van der Waals surface area (Å²) in [6, 6.07) is 13.0. The highest BCUT2D eigenvalue weighted by Crippen LogP contribution is 2.38. The lowest BCUT2D eigenvalue weighted by Gasteiger charge is -2.04. The monoisotopic (exact) mass is 295 g/mol. The molecule has 2 aromatic heterocycles. The van der Waals surface area contributed by atoms with Crippen molar-refractivity contribution in [3.63, 3.8) is 0 Å². The van der Waals surface area contributed by atoms with E-state index >= 15 is 0 Å². The predicted octanol–water partition coefficient (Wildman–Crippen LogP) is 4.86. The zero-order valence-electron chi connectivity index (χ0n) is 12.2. The van der Waals surface area contributed by atoms with E-state index in [0.29, 0.717) is 0 Å². The summed E-state index contributed by atoms with van der Waals surface area (Å²) in [5, 5.41) is 6.81. The third-order valence-corrected chi connectivity index (χ3v) is 5.06. The van der Waals surface area contributed by atoms with E-state index in [9.17, 15) is 0 Å². The molecule has 0 aliphatic carbocycles. The molecule has 0 unspecified atom stereocenters. The van der Waals surface area contributed by atoms with Crippen molar-refractivity contribution in [2.45, 2.75) is 19.9 Å². The van der Waals surface area contributed by atoms with Crippen LogP contribution in [-0.4, -0.2) is 16.6 Å². The van der Waals surface area contributed by atoms with E-state index in [4.69, 9.17) is 0 Å². The average molecular weight is 295 g/mol. The van der Waals surface area contributed by atoms with Crippen molar-refractivity contribution in [1.82, 2.24) is 9.55 Å². The number of fused-ring (bicyclic) bond motifs is 5. The minimum atomic E-state index is 0.977. The first-order chi connectivity index (χ1) is 10.3. The maximum absolute atomic E-state index is 4.64. The number of para-hydroxylation sites is 1. The van der Waals surface area contributed by atoms with Crippen LogP contribution in [0, 0.1) is 0 Å². The number of aryl methyl sites for hydroxylation is 1. The molecule has 4 rings (SSSR count). The number of benzene rings is 2. The van der Waals surface area contributed by atoms with Gasteiger partial charge in [-0.2, -0.15) is 0 Å². The van der Waals surface area contributed by atoms with Gasteiger partial charge in [0.1, 0.15) is 0 Å². The largest absolute Gasteiger partial charge is 0.365 e. The van der Waals surface area contributed by atoms with E-state index in [1.54, 1.807) is 11.3 Å². The molecule has 4 aromatic rings. The second-order valence-electron chi connectivity index (χ2n) is 5.25. The molecule has 0 saturated heterocycles. The lowest BCUT2D eigenvalue weighted by molar-refractivity contribution is 0.724. The molecular formula is C17H17N3S. The number of thiazole rings is 1. The fourth-order valence-corrected chi connectivity index (χ4v) is 4.06. The molecule has 0 fully saturated rings. The molecule has 0 spiro atoms. The molecule has 0 amide bonds. The first-order valence-corrected chi connectivity index (χ1v) is 8.13. The zero-order valence-corrected chi connectivity index (χ0v) is 13.0. The minimum absolute atomic E-state index is 0.977. The second kappa shape index (κ2) is 4.74. The summed E-state index contributed by atoms with van der Waals surface area (Å²) >= 11 is 1.74. The maximum Gasteiger partial charge on any atom is 0.183 e. The number of rotatable bonds is 3. The Morgan fingerprint density at radius 3 is 2.81 bits per heavy atom. The average Bonchev–Trinajstić information content (AvgIpc) is 3.07. The molecule has 0 saturated carbocycles. The Morgan fingerprint density at radius 2 is 2.00 bits per heavy atom. The fourth-order valence-electron chi connectivity index (χ4n) is 3.09. The third-order valence-electron chi connectivity index (χ3n) is 3.95. The van der Waals surface area contributed by atoms with Gasteiger partial charge in [-0.25, -0.2) is 4.98 Å². The quantitative estimate of drug-likeness (QED) is 0.585. The van der Waals surface area contributed by atoms with Crippen LogP contribution in [0.3, 0.4) is 0 Å². The molecule has 0 aliphatic heterocycles. The second-order valence-corrected chi connectivity index (χ2v) is 6.24. The van der Waals surface area contributed by atoms with Crippen molar-refractivity contribution >= 4 is 48.5 Å². The van der Waals surface area contributed by atoms with Gasteiger partial charge < -0.3 is 9.88 Å². The summed E-state index contributed by atoms with van der Waals surface area (Å²) in [6.07, 6.45) is 1.14. The van der Waals surface area contributed by atoms with Crippen LogP contribution in [0.5, 0.6) is 0 Å². The van der Waals surface area contributed by atoms with Crippen molar-refractivity contribution < 1.29 is 0 Å². The fraction of sp³-hybridized carbons (Fsp3) is 0.235. The summed E-state index contributed by atoms with van der Waals surface area (Å²) in [5.74, 6) is 0. The van der Waals surface area contributed by atoms with Crippen LogP contribution in [0.1, 0.15) is 13.3 Å². The summed E-state index contributed by atoms with van der Waals surface area (Å²) < 4.78 is 3.71. The SMILES string of the molecule is CCCn1c2ccccc2c2c3sc(NC)nc3ccc21. The van der Waals surface area contributed by atoms with Gasteiger partial charge in [-0.05, 0) is 24.6 Å². The highest BCUT2D eigenvalue weighted by Gasteiger charge is 2.15. The Hall–Kier alpha value is -2.07. The molecule has 2 aromatic carbocycles. The Bertz CT molecular complexity index is 949. The molecule has 3 nitrogen and oxygen atoms in total. The summed E-state index contributed by atoms with van der Waals surface area (Å²) in [4.78, 5) is 4.64. The molecule has 2 heterocycles. The molecular weight excluding hydrogens is 278 g/mol. The molecule has 0 aliphatic rings. The highest BCUT2D eigenvalue weighted by atomic mass is 32.1. The number of hydrogen-bond donors (Lipinski definition) is 1. The van der Waals surface area contributed by atoms with E-state index < -0.39 is 0 Å². The Kier molecular flexibility index (Phi) is 2.86. The van der Waals surface area contributed by atoms with Crippen molar-refractivity contribution in [2.75, 3.05) is 12.4 Å². The maximum atomic E-state index is 4.64. The minimum Gasteiger partial charge on any atom is -0.365 e. The normalized spacial score (nSPS) is 11.7. The van der Waals surface area contributed by atoms with Crippen LogP contribution in [-0.2, 0) is 6.54 Å². The van der Waals surface area contributed by atoms with Gasteiger partial charge in [-0.3, -0.25) is 0 Å². The Morgan fingerprint density at radius 1 is 1.14 bits per heavy atom. The number of hydrogen-bond acceptors (Lipinski definition) is 3. The Labute approximate surface area is 127 Å². The standard InChI is InChI=1S/C17H17N3S/c1-3-10-20-13-7-5-4-6-11(13)15-14(20)9-8-12-16(15)21-17(18-2)19-12/h4-9H,3,10H2,1-2H3,(H,18,19). The summed E-state index contributed by atoms with van der Waals surface area (Å²) in [6.45, 7) is 3.28. The van der Waals surface area contributed by atoms with E-state index in [0.717, 1.165) is 23.6 Å². The zero-order chi connectivity index (χ0) is 14.4. The lowest BCUT2D eigenvalue weighted by atomic mass is 10.1. The Balaban J connectivity index is 2.22. The molecule has 21 heavy (non-hydrogen) atoms. The number of aromatic nitrogens is 2. The van der Waals surface area contributed by atoms with Gasteiger partial charge in [0.25, 0.3) is 0 Å². The van der Waals surface area contributed by atoms with Crippen LogP contribution in [0.25, 0.3) is 32.0 Å². The number of anilines is 1. The van der Waals surface area contributed by atoms with Crippen LogP contribution in [0.4, 0.5) is 5.13 Å². The summed E-state index contributed by atoms with van der Waals surface area (Å²) in [7, 11) is 1.93. The van der Waals surface area contributed by atoms with Crippen molar-refractivity contribution in [3.8, 4) is 0 Å². The highest BCUT2D eigenvalue weighted by molar-refractivity contribution is 7.23. The van der Waals surface area contributed by atoms with Crippen LogP contribution in [0.15, 0.2) is 36.4 Å². The van der Waals surface area contributed by atoms with E-state index in [1.165, 1.54) is 26.5 Å². The number of nitrogens with zero attached hydrogens (tertiary/aromatic N) is 2.